The molecule has 0 aliphatic rings. The standard InChI is InChI=1S/C15H14BrNO2/c1-10(14-5-3-4-8-17-14)15(18)12-9-11(19-2)6-7-13(12)16/h3-10H,1-2H3. The number of Topliss-reactive ketones (excluding diaryl/α,β-unsaturated/α-hetero) is 1. The summed E-state index contributed by atoms with van der Waals surface area (Å²) in [7, 11) is 1.58. The number of carbonyl (C=O) groups is 1. The molecular formula is C15H14BrNO2. The minimum Gasteiger partial charge on any atom is -0.497 e. The molecule has 19 heavy (non-hydrogen) atoms. The van der Waals surface area contributed by atoms with E-state index in [-0.39, 0.29) is 11.7 Å². The Hall–Kier alpha value is -1.68. The highest BCUT2D eigenvalue weighted by atomic mass is 79.9. The molecule has 98 valence electrons. The van der Waals surface area contributed by atoms with Crippen LogP contribution in [-0.4, -0.2) is 17.9 Å². The van der Waals surface area contributed by atoms with Crippen molar-refractivity contribution in [3.8, 4) is 5.75 Å². The molecule has 1 aromatic carbocycles. The van der Waals surface area contributed by atoms with Crippen LogP contribution in [0.1, 0.15) is 28.9 Å². The van der Waals surface area contributed by atoms with Crippen molar-refractivity contribution < 1.29 is 9.53 Å². The lowest BCUT2D eigenvalue weighted by Gasteiger charge is -2.12. The van der Waals surface area contributed by atoms with E-state index in [1.165, 1.54) is 0 Å². The maximum atomic E-state index is 12.5. The summed E-state index contributed by atoms with van der Waals surface area (Å²) in [5.41, 5.74) is 1.37. The molecule has 0 amide bonds. The first-order valence-electron chi connectivity index (χ1n) is 5.92. The number of pyridine rings is 1. The summed E-state index contributed by atoms with van der Waals surface area (Å²) in [6.07, 6.45) is 1.69. The topological polar surface area (TPSA) is 39.2 Å². The van der Waals surface area contributed by atoms with E-state index in [0.29, 0.717) is 11.3 Å². The van der Waals surface area contributed by atoms with Gasteiger partial charge in [0.1, 0.15) is 5.75 Å². The van der Waals surface area contributed by atoms with Crippen LogP contribution in [0.4, 0.5) is 0 Å². The van der Waals surface area contributed by atoms with Gasteiger partial charge in [0.25, 0.3) is 0 Å². The number of methoxy groups -OCH3 is 1. The minimum absolute atomic E-state index is 0.0180. The van der Waals surface area contributed by atoms with Gasteiger partial charge in [0.05, 0.1) is 18.7 Å². The SMILES string of the molecule is COc1ccc(Br)c(C(=O)C(C)c2ccccn2)c1. The van der Waals surface area contributed by atoms with Gasteiger partial charge in [0.15, 0.2) is 5.78 Å². The molecule has 3 nitrogen and oxygen atoms in total. The normalized spacial score (nSPS) is 11.9. The number of rotatable bonds is 4. The molecule has 0 radical (unpaired) electrons. The Balaban J connectivity index is 2.34. The second-order valence-electron chi connectivity index (χ2n) is 4.19. The number of benzene rings is 1. The number of halogens is 1. The van der Waals surface area contributed by atoms with Crippen molar-refractivity contribution in [2.45, 2.75) is 12.8 Å². The minimum atomic E-state index is -0.287. The largest absolute Gasteiger partial charge is 0.497 e. The fraction of sp³-hybridized carbons (Fsp3) is 0.200. The van der Waals surface area contributed by atoms with Gasteiger partial charge >= 0.3 is 0 Å². The van der Waals surface area contributed by atoms with Gasteiger partial charge in [-0.2, -0.15) is 0 Å². The van der Waals surface area contributed by atoms with Crippen molar-refractivity contribution in [1.82, 2.24) is 4.98 Å². The van der Waals surface area contributed by atoms with E-state index >= 15 is 0 Å². The number of aromatic nitrogens is 1. The molecule has 2 aromatic rings. The van der Waals surface area contributed by atoms with E-state index in [0.717, 1.165) is 10.2 Å². The molecule has 2 rings (SSSR count). The van der Waals surface area contributed by atoms with E-state index in [2.05, 4.69) is 20.9 Å². The van der Waals surface area contributed by atoms with Gasteiger partial charge < -0.3 is 4.74 Å². The lowest BCUT2D eigenvalue weighted by Crippen LogP contribution is -2.11. The third-order valence-corrected chi connectivity index (χ3v) is 3.66. The predicted molar refractivity (Wildman–Crippen MR) is 77.7 cm³/mol. The van der Waals surface area contributed by atoms with Crippen LogP contribution in [0.3, 0.4) is 0 Å². The van der Waals surface area contributed by atoms with Gasteiger partial charge in [-0.1, -0.05) is 22.0 Å². The number of hydrogen-bond acceptors (Lipinski definition) is 3. The van der Waals surface area contributed by atoms with Crippen molar-refractivity contribution in [2.75, 3.05) is 7.11 Å². The van der Waals surface area contributed by atoms with E-state index < -0.39 is 0 Å². The first kappa shape index (κ1) is 13.7. The smallest absolute Gasteiger partial charge is 0.172 e. The number of nitrogens with zero attached hydrogens (tertiary/aromatic N) is 1. The Labute approximate surface area is 120 Å². The molecule has 0 bridgehead atoms. The van der Waals surface area contributed by atoms with Crippen molar-refractivity contribution in [1.29, 1.82) is 0 Å². The van der Waals surface area contributed by atoms with Crippen LogP contribution in [0.25, 0.3) is 0 Å². The fourth-order valence-electron chi connectivity index (χ4n) is 1.82. The molecule has 1 unspecified atom stereocenters. The highest BCUT2D eigenvalue weighted by Gasteiger charge is 2.20. The predicted octanol–water partition coefficient (Wildman–Crippen LogP) is 3.84. The summed E-state index contributed by atoms with van der Waals surface area (Å²) in [6, 6.07) is 10.9. The molecule has 1 heterocycles. The van der Waals surface area contributed by atoms with Crippen LogP contribution < -0.4 is 4.74 Å². The van der Waals surface area contributed by atoms with Crippen LogP contribution in [0.2, 0.25) is 0 Å². The first-order valence-corrected chi connectivity index (χ1v) is 6.71. The lowest BCUT2D eigenvalue weighted by molar-refractivity contribution is 0.0963. The third kappa shape index (κ3) is 3.01. The first-order chi connectivity index (χ1) is 9.13. The maximum Gasteiger partial charge on any atom is 0.172 e. The Morgan fingerprint density at radius 2 is 2.11 bits per heavy atom. The van der Waals surface area contributed by atoms with Crippen LogP contribution in [-0.2, 0) is 0 Å². The van der Waals surface area contributed by atoms with Gasteiger partial charge in [-0.15, -0.1) is 0 Å². The van der Waals surface area contributed by atoms with Gasteiger partial charge in [-0.05, 0) is 37.3 Å². The number of ketones is 1. The Kier molecular flexibility index (Phi) is 4.32. The van der Waals surface area contributed by atoms with Gasteiger partial charge in [0.2, 0.25) is 0 Å². The zero-order valence-corrected chi connectivity index (χ0v) is 12.3. The van der Waals surface area contributed by atoms with Crippen molar-refractivity contribution in [3.63, 3.8) is 0 Å². The molecule has 0 aliphatic heterocycles. The second-order valence-corrected chi connectivity index (χ2v) is 5.04. The molecule has 0 saturated heterocycles. The van der Waals surface area contributed by atoms with E-state index in [1.54, 1.807) is 19.4 Å². The molecule has 0 saturated carbocycles. The number of carbonyl (C=O) groups excluding carboxylic acids is 1. The zero-order chi connectivity index (χ0) is 13.8. The molecule has 0 fully saturated rings. The highest BCUT2D eigenvalue weighted by molar-refractivity contribution is 9.10. The van der Waals surface area contributed by atoms with Crippen molar-refractivity contribution >= 4 is 21.7 Å². The average molecular weight is 320 g/mol. The molecular weight excluding hydrogens is 306 g/mol. The Morgan fingerprint density at radius 3 is 2.74 bits per heavy atom. The summed E-state index contributed by atoms with van der Waals surface area (Å²) in [5, 5.41) is 0. The summed E-state index contributed by atoms with van der Waals surface area (Å²) in [6.45, 7) is 1.86. The fourth-order valence-corrected chi connectivity index (χ4v) is 2.26. The van der Waals surface area contributed by atoms with Gasteiger partial charge in [-0.25, -0.2) is 0 Å². The van der Waals surface area contributed by atoms with Crippen molar-refractivity contribution in [2.24, 2.45) is 0 Å². The zero-order valence-electron chi connectivity index (χ0n) is 10.8. The quantitative estimate of drug-likeness (QED) is 0.804. The number of ether oxygens (including phenoxy) is 1. The summed E-state index contributed by atoms with van der Waals surface area (Å²) in [5.74, 6) is 0.397. The molecule has 0 spiro atoms. The lowest BCUT2D eigenvalue weighted by atomic mass is 9.96. The molecule has 1 atom stereocenters. The van der Waals surface area contributed by atoms with Gasteiger partial charge in [0, 0.05) is 16.2 Å². The van der Waals surface area contributed by atoms with Gasteiger partial charge in [-0.3, -0.25) is 9.78 Å². The van der Waals surface area contributed by atoms with Crippen LogP contribution in [0.5, 0.6) is 5.75 Å². The Bertz CT molecular complexity index is 584. The summed E-state index contributed by atoms with van der Waals surface area (Å²) < 4.78 is 5.92. The summed E-state index contributed by atoms with van der Waals surface area (Å²) in [4.78, 5) is 16.7. The second kappa shape index (κ2) is 5.97. The molecule has 0 aliphatic carbocycles. The maximum absolute atomic E-state index is 12.5. The molecule has 4 heteroatoms. The van der Waals surface area contributed by atoms with E-state index in [4.69, 9.17) is 4.74 Å². The van der Waals surface area contributed by atoms with Crippen LogP contribution >= 0.6 is 15.9 Å². The average Bonchev–Trinajstić information content (AvgIpc) is 2.47. The highest BCUT2D eigenvalue weighted by Crippen LogP contribution is 2.27. The van der Waals surface area contributed by atoms with Crippen molar-refractivity contribution in [3.05, 3.63) is 58.3 Å². The molecule has 0 N–H and O–H groups in total. The summed E-state index contributed by atoms with van der Waals surface area (Å²) >= 11 is 3.40. The van der Waals surface area contributed by atoms with E-state index in [9.17, 15) is 4.79 Å². The number of hydrogen-bond donors (Lipinski definition) is 0. The molecule has 1 aromatic heterocycles. The van der Waals surface area contributed by atoms with Crippen LogP contribution in [0.15, 0.2) is 47.1 Å². The van der Waals surface area contributed by atoms with E-state index in [1.807, 2.05) is 37.3 Å². The third-order valence-electron chi connectivity index (χ3n) is 2.96. The Morgan fingerprint density at radius 1 is 1.32 bits per heavy atom. The monoisotopic (exact) mass is 319 g/mol. The van der Waals surface area contributed by atoms with Crippen LogP contribution in [0, 0.1) is 0 Å².